The van der Waals surface area contributed by atoms with Gasteiger partial charge in [0.25, 0.3) is 0 Å². The molecule has 18 heavy (non-hydrogen) atoms. The Morgan fingerprint density at radius 1 is 1.44 bits per heavy atom. The second kappa shape index (κ2) is 5.42. The summed E-state index contributed by atoms with van der Waals surface area (Å²) >= 11 is 3.52. The Bertz CT molecular complexity index is 472. The minimum absolute atomic E-state index is 0.0747. The van der Waals surface area contributed by atoms with E-state index in [0.29, 0.717) is 0 Å². The van der Waals surface area contributed by atoms with E-state index in [-0.39, 0.29) is 5.41 Å². The van der Waals surface area contributed by atoms with Crippen molar-refractivity contribution in [3.63, 3.8) is 0 Å². The third-order valence-corrected chi connectivity index (χ3v) is 4.37. The highest BCUT2D eigenvalue weighted by atomic mass is 79.9. The highest BCUT2D eigenvalue weighted by molar-refractivity contribution is 9.10. The zero-order valence-electron chi connectivity index (χ0n) is 11.0. The van der Waals surface area contributed by atoms with Gasteiger partial charge in [-0.15, -0.1) is 0 Å². The molecule has 0 aromatic heterocycles. The molecule has 1 aliphatic carbocycles. The molecule has 0 N–H and O–H groups in total. The van der Waals surface area contributed by atoms with Gasteiger partial charge in [0.05, 0.1) is 11.5 Å². The standard InChI is InChI=1S/C15H19BrN2/c1-12-4-5-14(16)8-13(12)9-18(2)11-15(10-17)6-3-7-15/h4-5,8H,3,6-7,9,11H2,1-2H3. The maximum atomic E-state index is 9.27. The summed E-state index contributed by atoms with van der Waals surface area (Å²) in [6.45, 7) is 3.93. The Morgan fingerprint density at radius 2 is 2.17 bits per heavy atom. The molecule has 0 bridgehead atoms. The molecule has 2 rings (SSSR count). The molecule has 0 spiro atoms. The van der Waals surface area contributed by atoms with Crippen molar-refractivity contribution >= 4 is 15.9 Å². The topological polar surface area (TPSA) is 27.0 Å². The van der Waals surface area contributed by atoms with Crippen LogP contribution in [-0.4, -0.2) is 18.5 Å². The third kappa shape index (κ3) is 2.93. The quantitative estimate of drug-likeness (QED) is 0.844. The van der Waals surface area contributed by atoms with Crippen LogP contribution in [0.2, 0.25) is 0 Å². The zero-order valence-corrected chi connectivity index (χ0v) is 12.6. The fourth-order valence-corrected chi connectivity index (χ4v) is 2.99. The van der Waals surface area contributed by atoms with E-state index in [4.69, 9.17) is 0 Å². The van der Waals surface area contributed by atoms with Crippen LogP contribution in [-0.2, 0) is 6.54 Å². The molecule has 3 heteroatoms. The van der Waals surface area contributed by atoms with Crippen LogP contribution >= 0.6 is 15.9 Å². The van der Waals surface area contributed by atoms with Crippen molar-refractivity contribution in [2.45, 2.75) is 32.7 Å². The van der Waals surface area contributed by atoms with E-state index >= 15 is 0 Å². The highest BCUT2D eigenvalue weighted by Crippen LogP contribution is 2.40. The van der Waals surface area contributed by atoms with Crippen molar-refractivity contribution in [3.05, 3.63) is 33.8 Å². The summed E-state index contributed by atoms with van der Waals surface area (Å²) < 4.78 is 1.12. The number of hydrogen-bond acceptors (Lipinski definition) is 2. The molecule has 96 valence electrons. The van der Waals surface area contributed by atoms with Gasteiger partial charge in [-0.2, -0.15) is 5.26 Å². The van der Waals surface area contributed by atoms with E-state index in [0.717, 1.165) is 30.4 Å². The van der Waals surface area contributed by atoms with Crippen LogP contribution in [0, 0.1) is 23.7 Å². The van der Waals surface area contributed by atoms with E-state index in [9.17, 15) is 5.26 Å². The molecular formula is C15H19BrN2. The van der Waals surface area contributed by atoms with Gasteiger partial charge in [0.1, 0.15) is 0 Å². The summed E-state index contributed by atoms with van der Waals surface area (Å²) in [6.07, 6.45) is 3.33. The first-order valence-corrected chi connectivity index (χ1v) is 7.19. The second-order valence-corrected chi connectivity index (χ2v) is 6.40. The molecule has 0 unspecified atom stereocenters. The first-order chi connectivity index (χ1) is 8.54. The smallest absolute Gasteiger partial charge is 0.0703 e. The van der Waals surface area contributed by atoms with Crippen LogP contribution in [0.1, 0.15) is 30.4 Å². The van der Waals surface area contributed by atoms with Crippen LogP contribution in [0.5, 0.6) is 0 Å². The summed E-state index contributed by atoms with van der Waals surface area (Å²) in [7, 11) is 2.11. The minimum Gasteiger partial charge on any atom is -0.301 e. The van der Waals surface area contributed by atoms with Gasteiger partial charge in [-0.3, -0.25) is 0 Å². The fourth-order valence-electron chi connectivity index (χ4n) is 2.58. The largest absolute Gasteiger partial charge is 0.301 e. The number of halogens is 1. The van der Waals surface area contributed by atoms with Gasteiger partial charge in [0.15, 0.2) is 0 Å². The van der Waals surface area contributed by atoms with E-state index < -0.39 is 0 Å². The lowest BCUT2D eigenvalue weighted by molar-refractivity contribution is 0.134. The first-order valence-electron chi connectivity index (χ1n) is 6.39. The summed E-state index contributed by atoms with van der Waals surface area (Å²) in [5.74, 6) is 0. The molecule has 1 aromatic rings. The van der Waals surface area contributed by atoms with Gasteiger partial charge >= 0.3 is 0 Å². The number of nitrogens with zero attached hydrogens (tertiary/aromatic N) is 2. The number of benzene rings is 1. The molecular weight excluding hydrogens is 288 g/mol. The van der Waals surface area contributed by atoms with Crippen LogP contribution in [0.4, 0.5) is 0 Å². The maximum absolute atomic E-state index is 9.27. The van der Waals surface area contributed by atoms with Crippen LogP contribution in [0.25, 0.3) is 0 Å². The first kappa shape index (κ1) is 13.6. The lowest BCUT2D eigenvalue weighted by atomic mass is 9.69. The van der Waals surface area contributed by atoms with Gasteiger partial charge in [0, 0.05) is 17.6 Å². The summed E-state index contributed by atoms with van der Waals surface area (Å²) in [6, 6.07) is 8.89. The maximum Gasteiger partial charge on any atom is 0.0703 e. The Balaban J connectivity index is 2.01. The summed E-state index contributed by atoms with van der Waals surface area (Å²) in [4.78, 5) is 2.27. The monoisotopic (exact) mass is 306 g/mol. The predicted molar refractivity (Wildman–Crippen MR) is 77.1 cm³/mol. The molecule has 0 atom stereocenters. The van der Waals surface area contributed by atoms with Gasteiger partial charge in [-0.25, -0.2) is 0 Å². The van der Waals surface area contributed by atoms with Crippen molar-refractivity contribution in [3.8, 4) is 6.07 Å². The zero-order chi connectivity index (χ0) is 13.2. The molecule has 1 aromatic carbocycles. The Kier molecular flexibility index (Phi) is 4.09. The van der Waals surface area contributed by atoms with Crippen molar-refractivity contribution in [1.29, 1.82) is 5.26 Å². The SMILES string of the molecule is Cc1ccc(Br)cc1CN(C)CC1(C#N)CCC1. The average molecular weight is 307 g/mol. The predicted octanol–water partition coefficient (Wildman–Crippen LogP) is 3.88. The van der Waals surface area contributed by atoms with Crippen LogP contribution in [0.15, 0.2) is 22.7 Å². The molecule has 0 saturated heterocycles. The normalized spacial score (nSPS) is 17.3. The Labute approximate surface area is 118 Å². The van der Waals surface area contributed by atoms with Gasteiger partial charge < -0.3 is 4.90 Å². The fraction of sp³-hybridized carbons (Fsp3) is 0.533. The molecule has 0 radical (unpaired) electrons. The molecule has 1 fully saturated rings. The molecule has 0 heterocycles. The number of hydrogen-bond donors (Lipinski definition) is 0. The van der Waals surface area contributed by atoms with Gasteiger partial charge in [0.2, 0.25) is 0 Å². The Hall–Kier alpha value is -0.850. The van der Waals surface area contributed by atoms with E-state index in [2.05, 4.69) is 59.1 Å². The summed E-state index contributed by atoms with van der Waals surface area (Å²) in [5.41, 5.74) is 2.57. The lowest BCUT2D eigenvalue weighted by Gasteiger charge is -2.38. The van der Waals surface area contributed by atoms with E-state index in [1.807, 2.05) is 0 Å². The molecule has 0 amide bonds. The highest BCUT2D eigenvalue weighted by Gasteiger charge is 2.37. The van der Waals surface area contributed by atoms with Crippen molar-refractivity contribution < 1.29 is 0 Å². The third-order valence-electron chi connectivity index (χ3n) is 3.87. The summed E-state index contributed by atoms with van der Waals surface area (Å²) in [5, 5.41) is 9.27. The van der Waals surface area contributed by atoms with Gasteiger partial charge in [-0.1, -0.05) is 28.4 Å². The lowest BCUT2D eigenvalue weighted by Crippen LogP contribution is -2.39. The number of nitriles is 1. The molecule has 1 saturated carbocycles. The Morgan fingerprint density at radius 3 is 2.72 bits per heavy atom. The van der Waals surface area contributed by atoms with Crippen molar-refractivity contribution in [2.75, 3.05) is 13.6 Å². The molecule has 2 nitrogen and oxygen atoms in total. The molecule has 0 aliphatic heterocycles. The van der Waals surface area contributed by atoms with E-state index in [1.54, 1.807) is 0 Å². The van der Waals surface area contributed by atoms with Crippen LogP contribution in [0.3, 0.4) is 0 Å². The average Bonchev–Trinajstić information content (AvgIpc) is 2.28. The molecule has 1 aliphatic rings. The second-order valence-electron chi connectivity index (χ2n) is 5.49. The van der Waals surface area contributed by atoms with Crippen molar-refractivity contribution in [1.82, 2.24) is 4.90 Å². The number of rotatable bonds is 4. The van der Waals surface area contributed by atoms with Crippen LogP contribution < -0.4 is 0 Å². The minimum atomic E-state index is -0.0747. The van der Waals surface area contributed by atoms with Crippen molar-refractivity contribution in [2.24, 2.45) is 5.41 Å². The van der Waals surface area contributed by atoms with E-state index in [1.165, 1.54) is 17.5 Å². The van der Waals surface area contributed by atoms with Gasteiger partial charge in [-0.05, 0) is 50.1 Å². The number of aryl methyl sites for hydroxylation is 1.